The van der Waals surface area contributed by atoms with Crippen LogP contribution in [0.4, 0.5) is 18.9 Å². The smallest absolute Gasteiger partial charge is 0.394 e. The number of aliphatic hydroxyl groups is 1. The molecule has 0 amide bonds. The second-order valence-electron chi connectivity index (χ2n) is 4.26. The van der Waals surface area contributed by atoms with Gasteiger partial charge in [0, 0.05) is 12.2 Å². The molecule has 1 saturated heterocycles. The molecule has 2 rings (SSSR count). The van der Waals surface area contributed by atoms with Crippen LogP contribution in [0.15, 0.2) is 18.2 Å². The van der Waals surface area contributed by atoms with Gasteiger partial charge in [0.25, 0.3) is 0 Å². The van der Waals surface area contributed by atoms with E-state index < -0.39 is 25.1 Å². The van der Waals surface area contributed by atoms with Gasteiger partial charge in [-0.05, 0) is 18.2 Å². The SMILES string of the molecule is N#Cc1ccc(N2C[C@@H](CO)O[C@H]2C(F)(F)F)cc1Cl. The van der Waals surface area contributed by atoms with E-state index in [1.54, 1.807) is 0 Å². The van der Waals surface area contributed by atoms with Crippen LogP contribution in [0.2, 0.25) is 5.02 Å². The third kappa shape index (κ3) is 2.82. The highest BCUT2D eigenvalue weighted by atomic mass is 35.5. The summed E-state index contributed by atoms with van der Waals surface area (Å²) in [6.07, 6.45) is -7.65. The van der Waals surface area contributed by atoms with Gasteiger partial charge in [0.1, 0.15) is 12.2 Å². The molecule has 0 aliphatic carbocycles. The molecule has 0 spiro atoms. The minimum Gasteiger partial charge on any atom is -0.394 e. The van der Waals surface area contributed by atoms with Crippen molar-refractivity contribution in [3.05, 3.63) is 28.8 Å². The van der Waals surface area contributed by atoms with E-state index in [4.69, 9.17) is 26.7 Å². The summed E-state index contributed by atoms with van der Waals surface area (Å²) < 4.78 is 43.5. The monoisotopic (exact) mass is 306 g/mol. The summed E-state index contributed by atoms with van der Waals surface area (Å²) in [5.41, 5.74) is 0.366. The molecule has 108 valence electrons. The lowest BCUT2D eigenvalue weighted by Crippen LogP contribution is -2.42. The molecule has 1 aliphatic heterocycles. The van der Waals surface area contributed by atoms with E-state index in [-0.39, 0.29) is 22.8 Å². The number of hydrogen-bond acceptors (Lipinski definition) is 4. The fraction of sp³-hybridized carbons (Fsp3) is 0.417. The molecule has 0 radical (unpaired) electrons. The predicted molar refractivity (Wildman–Crippen MR) is 65.3 cm³/mol. The van der Waals surface area contributed by atoms with E-state index in [9.17, 15) is 13.2 Å². The van der Waals surface area contributed by atoms with Gasteiger partial charge in [-0.3, -0.25) is 0 Å². The van der Waals surface area contributed by atoms with E-state index in [2.05, 4.69) is 0 Å². The molecule has 0 saturated carbocycles. The summed E-state index contributed by atoms with van der Waals surface area (Å²) in [7, 11) is 0. The fourth-order valence-corrected chi connectivity index (χ4v) is 2.20. The molecule has 4 nitrogen and oxygen atoms in total. The normalized spacial score (nSPS) is 22.9. The summed E-state index contributed by atoms with van der Waals surface area (Å²) >= 11 is 5.82. The fourth-order valence-electron chi connectivity index (χ4n) is 1.98. The maximum atomic E-state index is 12.9. The zero-order chi connectivity index (χ0) is 14.9. The number of alkyl halides is 3. The number of anilines is 1. The second kappa shape index (κ2) is 5.48. The molecule has 1 aliphatic rings. The maximum Gasteiger partial charge on any atom is 0.433 e. The average molecular weight is 307 g/mol. The van der Waals surface area contributed by atoms with Crippen molar-refractivity contribution in [3.8, 4) is 6.07 Å². The van der Waals surface area contributed by atoms with Crippen LogP contribution in [0.25, 0.3) is 0 Å². The number of benzene rings is 1. The van der Waals surface area contributed by atoms with Crippen molar-refractivity contribution in [3.63, 3.8) is 0 Å². The van der Waals surface area contributed by atoms with Gasteiger partial charge in [0.2, 0.25) is 6.23 Å². The van der Waals surface area contributed by atoms with Crippen LogP contribution in [0, 0.1) is 11.3 Å². The Morgan fingerprint density at radius 1 is 1.50 bits per heavy atom. The molecule has 1 heterocycles. The van der Waals surface area contributed by atoms with Gasteiger partial charge in [-0.15, -0.1) is 0 Å². The number of nitrogens with zero attached hydrogens (tertiary/aromatic N) is 2. The van der Waals surface area contributed by atoms with Crippen molar-refractivity contribution < 1.29 is 23.0 Å². The van der Waals surface area contributed by atoms with Crippen molar-refractivity contribution in [1.82, 2.24) is 0 Å². The Bertz CT molecular complexity index is 544. The van der Waals surface area contributed by atoms with Crippen LogP contribution in [-0.2, 0) is 4.74 Å². The second-order valence-corrected chi connectivity index (χ2v) is 4.67. The summed E-state index contributed by atoms with van der Waals surface area (Å²) in [6, 6.07) is 5.82. The lowest BCUT2D eigenvalue weighted by Gasteiger charge is -2.26. The predicted octanol–water partition coefficient (Wildman–Crippen LogP) is 2.30. The van der Waals surface area contributed by atoms with Gasteiger partial charge in [-0.25, -0.2) is 0 Å². The molecule has 0 bridgehead atoms. The standard InChI is InChI=1S/C12H10ClF3N2O2/c13-10-3-8(2-1-7(10)4-17)18-5-9(6-19)20-11(18)12(14,15)16/h1-3,9,11,19H,5-6H2/t9-,11-/m0/s1. The summed E-state index contributed by atoms with van der Waals surface area (Å²) in [5, 5.41) is 17.8. The zero-order valence-electron chi connectivity index (χ0n) is 10.1. The summed E-state index contributed by atoms with van der Waals surface area (Å²) in [6.45, 7) is -0.615. The molecule has 0 aromatic heterocycles. The highest BCUT2D eigenvalue weighted by Crippen LogP contribution is 2.36. The number of aliphatic hydroxyl groups excluding tert-OH is 1. The third-order valence-corrected chi connectivity index (χ3v) is 3.21. The van der Waals surface area contributed by atoms with Crippen molar-refractivity contribution in [1.29, 1.82) is 5.26 Å². The molecule has 8 heteroatoms. The summed E-state index contributed by atoms with van der Waals surface area (Å²) in [4.78, 5) is 0.966. The van der Waals surface area contributed by atoms with Crippen LogP contribution in [0.1, 0.15) is 5.56 Å². The minimum absolute atomic E-state index is 0.0679. The number of ether oxygens (including phenoxy) is 1. The van der Waals surface area contributed by atoms with E-state index in [1.165, 1.54) is 18.2 Å². The Morgan fingerprint density at radius 3 is 2.70 bits per heavy atom. The van der Waals surface area contributed by atoms with Gasteiger partial charge in [-0.1, -0.05) is 11.6 Å². The largest absolute Gasteiger partial charge is 0.433 e. The highest BCUT2D eigenvalue weighted by Gasteiger charge is 2.50. The molecular weight excluding hydrogens is 297 g/mol. The van der Waals surface area contributed by atoms with E-state index in [1.807, 2.05) is 6.07 Å². The Morgan fingerprint density at radius 2 is 2.20 bits per heavy atom. The van der Waals surface area contributed by atoms with E-state index >= 15 is 0 Å². The number of rotatable bonds is 2. The molecule has 0 unspecified atom stereocenters. The molecule has 1 fully saturated rings. The highest BCUT2D eigenvalue weighted by molar-refractivity contribution is 6.32. The quantitative estimate of drug-likeness (QED) is 0.911. The van der Waals surface area contributed by atoms with E-state index in [0.717, 1.165) is 4.90 Å². The van der Waals surface area contributed by atoms with Crippen molar-refractivity contribution in [2.75, 3.05) is 18.1 Å². The van der Waals surface area contributed by atoms with Gasteiger partial charge in [0.05, 0.1) is 17.2 Å². The summed E-state index contributed by atoms with van der Waals surface area (Å²) in [5.74, 6) is 0. The van der Waals surface area contributed by atoms with Crippen LogP contribution < -0.4 is 4.90 Å². The van der Waals surface area contributed by atoms with Crippen LogP contribution >= 0.6 is 11.6 Å². The van der Waals surface area contributed by atoms with Crippen LogP contribution in [-0.4, -0.2) is 36.8 Å². The minimum atomic E-state index is -4.59. The molecule has 20 heavy (non-hydrogen) atoms. The average Bonchev–Trinajstić information content (AvgIpc) is 2.82. The molecule has 1 aromatic rings. The topological polar surface area (TPSA) is 56.5 Å². The van der Waals surface area contributed by atoms with Gasteiger partial charge in [-0.2, -0.15) is 18.4 Å². The Balaban J connectivity index is 2.34. The number of nitriles is 1. The first kappa shape index (κ1) is 14.9. The molecule has 1 aromatic carbocycles. The first-order valence-corrected chi connectivity index (χ1v) is 6.04. The maximum absolute atomic E-state index is 12.9. The van der Waals surface area contributed by atoms with Crippen molar-refractivity contribution in [2.45, 2.75) is 18.5 Å². The molecule has 2 atom stereocenters. The van der Waals surface area contributed by atoms with Gasteiger partial charge in [0.15, 0.2) is 0 Å². The Labute approximate surface area is 117 Å². The van der Waals surface area contributed by atoms with Crippen LogP contribution in [0.5, 0.6) is 0 Å². The molecular formula is C12H10ClF3N2O2. The Kier molecular flexibility index (Phi) is 4.09. The van der Waals surface area contributed by atoms with Crippen LogP contribution in [0.3, 0.4) is 0 Å². The number of halogens is 4. The van der Waals surface area contributed by atoms with Gasteiger partial charge < -0.3 is 14.7 Å². The first-order valence-electron chi connectivity index (χ1n) is 5.66. The lowest BCUT2D eigenvalue weighted by atomic mass is 10.2. The lowest BCUT2D eigenvalue weighted by molar-refractivity contribution is -0.215. The van der Waals surface area contributed by atoms with Crippen molar-refractivity contribution >= 4 is 17.3 Å². The third-order valence-electron chi connectivity index (χ3n) is 2.89. The number of hydrogen-bond donors (Lipinski definition) is 1. The van der Waals surface area contributed by atoms with E-state index in [0.29, 0.717) is 0 Å². The zero-order valence-corrected chi connectivity index (χ0v) is 10.8. The first-order chi connectivity index (χ1) is 9.36. The van der Waals surface area contributed by atoms with Crippen molar-refractivity contribution in [2.24, 2.45) is 0 Å². The Hall–Kier alpha value is -1.49. The molecule has 1 N–H and O–H groups in total. The van der Waals surface area contributed by atoms with Gasteiger partial charge >= 0.3 is 6.18 Å².